The third kappa shape index (κ3) is 4.22. The zero-order valence-corrected chi connectivity index (χ0v) is 18.7. The fourth-order valence-electron chi connectivity index (χ4n) is 3.38. The Bertz CT molecular complexity index is 1010. The highest BCUT2D eigenvalue weighted by Crippen LogP contribution is 2.29. The average molecular weight is 425 g/mol. The first kappa shape index (κ1) is 21.9. The molecule has 0 saturated carbocycles. The Morgan fingerprint density at radius 2 is 1.93 bits per heavy atom. The third-order valence-electron chi connectivity index (χ3n) is 5.07. The van der Waals surface area contributed by atoms with Crippen molar-refractivity contribution in [3.8, 4) is 0 Å². The average Bonchev–Trinajstić information content (AvgIpc) is 2.66. The maximum atomic E-state index is 15.2. The van der Waals surface area contributed by atoms with Crippen LogP contribution >= 0.6 is 0 Å². The van der Waals surface area contributed by atoms with Crippen molar-refractivity contribution in [1.29, 1.82) is 0 Å². The van der Waals surface area contributed by atoms with E-state index in [0.717, 1.165) is 0 Å². The minimum atomic E-state index is -1.40. The quantitative estimate of drug-likeness (QED) is 0.815. The van der Waals surface area contributed by atoms with E-state index in [9.17, 15) is 9.00 Å². The van der Waals surface area contributed by atoms with Crippen molar-refractivity contribution >= 4 is 27.8 Å². The van der Waals surface area contributed by atoms with Gasteiger partial charge in [0, 0.05) is 31.7 Å². The van der Waals surface area contributed by atoms with Crippen LogP contribution in [0.25, 0.3) is 10.9 Å². The second kappa shape index (κ2) is 8.12. The molecule has 0 bridgehead atoms. The van der Waals surface area contributed by atoms with Gasteiger partial charge in [0.2, 0.25) is 5.95 Å². The number of aromatic nitrogens is 2. The molecule has 0 aliphatic carbocycles. The zero-order valence-electron chi connectivity index (χ0n) is 17.8. The number of anilines is 1. The first-order chi connectivity index (χ1) is 13.5. The van der Waals surface area contributed by atoms with Crippen molar-refractivity contribution in [1.82, 2.24) is 14.3 Å². The largest absolute Gasteiger partial charge is 0.378 e. The molecule has 1 aliphatic rings. The Morgan fingerprint density at radius 1 is 1.31 bits per heavy atom. The van der Waals surface area contributed by atoms with Gasteiger partial charge in [-0.05, 0) is 46.2 Å². The number of halogens is 1. The molecular weight excluding hydrogens is 395 g/mol. The summed E-state index contributed by atoms with van der Waals surface area (Å²) in [5.41, 5.74) is 0.708. The predicted octanol–water partition coefficient (Wildman–Crippen LogP) is 2.33. The maximum Gasteiger partial charge on any atom is 0.262 e. The number of benzene rings is 1. The molecular formula is C20H29FN4O3S. The van der Waals surface area contributed by atoms with Crippen LogP contribution in [0.15, 0.2) is 10.9 Å². The van der Waals surface area contributed by atoms with Crippen LogP contribution in [0.1, 0.15) is 44.9 Å². The summed E-state index contributed by atoms with van der Waals surface area (Å²) in [4.78, 5) is 19.7. The molecule has 0 radical (unpaired) electrons. The fraction of sp³-hybridized carbons (Fsp3) is 0.600. The highest BCUT2D eigenvalue weighted by Gasteiger charge is 2.27. The normalized spacial score (nSPS) is 17.6. The van der Waals surface area contributed by atoms with Crippen LogP contribution in [0, 0.1) is 12.7 Å². The number of nitrogens with one attached hydrogen (secondary N) is 1. The van der Waals surface area contributed by atoms with Crippen LogP contribution in [0.2, 0.25) is 0 Å². The van der Waals surface area contributed by atoms with E-state index in [0.29, 0.717) is 48.7 Å². The van der Waals surface area contributed by atoms with Gasteiger partial charge >= 0.3 is 0 Å². The minimum Gasteiger partial charge on any atom is -0.378 e. The first-order valence-corrected chi connectivity index (χ1v) is 10.9. The number of hydrogen-bond donors (Lipinski definition) is 1. The summed E-state index contributed by atoms with van der Waals surface area (Å²) < 4.78 is 37.2. The van der Waals surface area contributed by atoms with E-state index in [-0.39, 0.29) is 11.1 Å². The topological polar surface area (TPSA) is 76.5 Å². The molecule has 0 spiro atoms. The summed E-state index contributed by atoms with van der Waals surface area (Å²) in [5.74, 6) is 0.0523. The molecule has 3 rings (SSSR count). The molecule has 0 amide bonds. The smallest absolute Gasteiger partial charge is 0.262 e. The van der Waals surface area contributed by atoms with Gasteiger partial charge in [-0.15, -0.1) is 0 Å². The SMILES string of the molecule is Cc1cc2c(=O)n(C)c(N3CCOCC3)nc2c([C@@H](C)N[S@](=O)C(C)(C)C)c1F. The molecule has 1 saturated heterocycles. The molecule has 7 nitrogen and oxygen atoms in total. The lowest BCUT2D eigenvalue weighted by Crippen LogP contribution is -2.40. The number of ether oxygens (including phenoxy) is 1. The number of fused-ring (bicyclic) bond motifs is 1. The lowest BCUT2D eigenvalue weighted by atomic mass is 10.0. The summed E-state index contributed by atoms with van der Waals surface area (Å²) in [6, 6.07) is 0.953. The molecule has 160 valence electrons. The third-order valence-corrected chi connectivity index (χ3v) is 6.75. The zero-order chi connectivity index (χ0) is 21.5. The van der Waals surface area contributed by atoms with Gasteiger partial charge in [0.15, 0.2) is 0 Å². The molecule has 9 heteroatoms. The number of hydrogen-bond acceptors (Lipinski definition) is 5. The van der Waals surface area contributed by atoms with Gasteiger partial charge in [-0.25, -0.2) is 18.3 Å². The van der Waals surface area contributed by atoms with Crippen LogP contribution in [0.3, 0.4) is 0 Å². The summed E-state index contributed by atoms with van der Waals surface area (Å²) in [5, 5.41) is 0.355. The van der Waals surface area contributed by atoms with Gasteiger partial charge in [-0.2, -0.15) is 0 Å². The van der Waals surface area contributed by atoms with Gasteiger partial charge in [0.05, 0.1) is 39.8 Å². The summed E-state index contributed by atoms with van der Waals surface area (Å²) in [6.45, 7) is 11.2. The Kier molecular flexibility index (Phi) is 6.12. The van der Waals surface area contributed by atoms with Gasteiger partial charge < -0.3 is 9.64 Å². The summed E-state index contributed by atoms with van der Waals surface area (Å²) >= 11 is 0. The number of aryl methyl sites for hydroxylation is 1. The lowest BCUT2D eigenvalue weighted by molar-refractivity contribution is 0.121. The molecule has 2 atom stereocenters. The molecule has 0 unspecified atom stereocenters. The Balaban J connectivity index is 2.20. The molecule has 1 N–H and O–H groups in total. The highest BCUT2D eigenvalue weighted by molar-refractivity contribution is 7.84. The molecule has 2 aromatic rings. The van der Waals surface area contributed by atoms with Crippen LogP contribution < -0.4 is 15.2 Å². The molecule has 2 heterocycles. The number of rotatable bonds is 4. The molecule has 1 aliphatic heterocycles. The van der Waals surface area contributed by atoms with Gasteiger partial charge in [0.1, 0.15) is 5.82 Å². The second-order valence-electron chi connectivity index (χ2n) is 8.41. The van der Waals surface area contributed by atoms with Crippen molar-refractivity contribution in [2.24, 2.45) is 7.05 Å². The molecule has 1 aromatic carbocycles. The Morgan fingerprint density at radius 3 is 2.52 bits per heavy atom. The van der Waals surface area contributed by atoms with E-state index in [4.69, 9.17) is 9.72 Å². The predicted molar refractivity (Wildman–Crippen MR) is 114 cm³/mol. The van der Waals surface area contributed by atoms with E-state index in [1.54, 1.807) is 27.0 Å². The van der Waals surface area contributed by atoms with Crippen molar-refractivity contribution in [3.05, 3.63) is 33.4 Å². The second-order valence-corrected chi connectivity index (χ2v) is 10.4. The van der Waals surface area contributed by atoms with E-state index >= 15 is 4.39 Å². The van der Waals surface area contributed by atoms with Gasteiger partial charge in [-0.1, -0.05) is 0 Å². The Labute approximate surface area is 172 Å². The maximum absolute atomic E-state index is 15.2. The van der Waals surface area contributed by atoms with Crippen LogP contribution in [-0.4, -0.2) is 44.8 Å². The molecule has 1 fully saturated rings. The van der Waals surface area contributed by atoms with Crippen LogP contribution in [-0.2, 0) is 22.8 Å². The standard InChI is InChI=1S/C20H29FN4O3S/c1-12-11-14-17(15(16(12)21)13(2)23-29(27)20(3,4)5)22-19(24(6)18(14)26)25-7-9-28-10-8-25/h11,13,23H,7-10H2,1-6H3/t13-,29-/m1/s1. The number of morpholine rings is 1. The van der Waals surface area contributed by atoms with E-state index < -0.39 is 27.6 Å². The monoisotopic (exact) mass is 424 g/mol. The van der Waals surface area contributed by atoms with Gasteiger partial charge in [-0.3, -0.25) is 9.36 Å². The van der Waals surface area contributed by atoms with Crippen molar-refractivity contribution in [2.75, 3.05) is 31.2 Å². The van der Waals surface area contributed by atoms with Crippen molar-refractivity contribution in [3.63, 3.8) is 0 Å². The van der Waals surface area contributed by atoms with Crippen molar-refractivity contribution in [2.45, 2.75) is 45.4 Å². The molecule has 1 aromatic heterocycles. The Hall–Kier alpha value is -1.84. The summed E-state index contributed by atoms with van der Waals surface area (Å²) in [7, 11) is 0.275. The number of nitrogens with zero attached hydrogens (tertiary/aromatic N) is 3. The summed E-state index contributed by atoms with van der Waals surface area (Å²) in [6.07, 6.45) is 0. The highest BCUT2D eigenvalue weighted by atomic mass is 32.2. The van der Waals surface area contributed by atoms with E-state index in [1.165, 1.54) is 4.57 Å². The van der Waals surface area contributed by atoms with Gasteiger partial charge in [0.25, 0.3) is 5.56 Å². The molecule has 29 heavy (non-hydrogen) atoms. The van der Waals surface area contributed by atoms with Crippen molar-refractivity contribution < 1.29 is 13.3 Å². The first-order valence-electron chi connectivity index (χ1n) is 9.73. The van der Waals surface area contributed by atoms with E-state index in [2.05, 4.69) is 4.72 Å². The van der Waals surface area contributed by atoms with Crippen LogP contribution in [0.4, 0.5) is 10.3 Å². The minimum absolute atomic E-state index is 0.231. The van der Waals surface area contributed by atoms with E-state index in [1.807, 2.05) is 25.7 Å². The fourth-order valence-corrected chi connectivity index (χ4v) is 4.17. The lowest BCUT2D eigenvalue weighted by Gasteiger charge is -2.29. The van der Waals surface area contributed by atoms with Crippen LogP contribution in [0.5, 0.6) is 0 Å².